The predicted molar refractivity (Wildman–Crippen MR) is 79.8 cm³/mol. The summed E-state index contributed by atoms with van der Waals surface area (Å²) in [6.45, 7) is 5.25. The lowest BCUT2D eigenvalue weighted by molar-refractivity contribution is -0.135. The number of nitrogens with two attached hydrogens (primary N) is 1. The maximum atomic E-state index is 13.9. The number of thiocarbonyl (C=S) groups is 1. The second-order valence-corrected chi connectivity index (χ2v) is 5.85. The summed E-state index contributed by atoms with van der Waals surface area (Å²) in [7, 11) is 0. The fourth-order valence-corrected chi connectivity index (χ4v) is 2.40. The van der Waals surface area contributed by atoms with E-state index in [0.717, 1.165) is 0 Å². The number of halogens is 1. The van der Waals surface area contributed by atoms with E-state index in [-0.39, 0.29) is 16.7 Å². The number of amides is 1. The maximum Gasteiger partial charge on any atom is 0.240 e. The molecule has 1 aromatic carbocycles. The standard InChI is InChI=1S/C14H18FN3OS/c1-14(2)13(19)17-5-6-18(14)8-10-7-9(12(16)20)3-4-11(10)15/h3-4,7H,5-6,8H2,1-2H3,(H2,16,20)(H,17,19). The Balaban J connectivity index is 2.27. The summed E-state index contributed by atoms with van der Waals surface area (Å²) in [6.07, 6.45) is 0. The van der Waals surface area contributed by atoms with Crippen LogP contribution in [0.1, 0.15) is 25.0 Å². The van der Waals surface area contributed by atoms with Gasteiger partial charge in [0.05, 0.1) is 5.54 Å². The van der Waals surface area contributed by atoms with Crippen molar-refractivity contribution < 1.29 is 9.18 Å². The lowest BCUT2D eigenvalue weighted by Gasteiger charge is -2.41. The van der Waals surface area contributed by atoms with Gasteiger partial charge in [0.15, 0.2) is 0 Å². The number of hydrogen-bond acceptors (Lipinski definition) is 3. The van der Waals surface area contributed by atoms with Crippen LogP contribution < -0.4 is 11.1 Å². The van der Waals surface area contributed by atoms with Gasteiger partial charge in [-0.15, -0.1) is 0 Å². The largest absolute Gasteiger partial charge is 0.389 e. The Hall–Kier alpha value is -1.53. The minimum Gasteiger partial charge on any atom is -0.389 e. The fourth-order valence-electron chi connectivity index (χ4n) is 2.28. The smallest absolute Gasteiger partial charge is 0.240 e. The van der Waals surface area contributed by atoms with Crippen LogP contribution in [0.5, 0.6) is 0 Å². The second kappa shape index (κ2) is 5.46. The molecule has 0 radical (unpaired) electrons. The first-order valence-corrected chi connectivity index (χ1v) is 6.85. The van der Waals surface area contributed by atoms with E-state index in [4.69, 9.17) is 18.0 Å². The molecule has 0 bridgehead atoms. The van der Waals surface area contributed by atoms with Gasteiger partial charge in [-0.3, -0.25) is 9.69 Å². The van der Waals surface area contributed by atoms with Crippen molar-refractivity contribution in [3.05, 3.63) is 35.1 Å². The predicted octanol–water partition coefficient (Wildman–Crippen LogP) is 1.17. The molecular formula is C14H18FN3OS. The zero-order chi connectivity index (χ0) is 14.9. The molecule has 20 heavy (non-hydrogen) atoms. The van der Waals surface area contributed by atoms with Gasteiger partial charge in [0.2, 0.25) is 5.91 Å². The number of piperazine rings is 1. The van der Waals surface area contributed by atoms with Crippen LogP contribution in [0.4, 0.5) is 4.39 Å². The first-order chi connectivity index (χ1) is 9.32. The van der Waals surface area contributed by atoms with Gasteiger partial charge < -0.3 is 11.1 Å². The molecule has 3 N–H and O–H groups in total. The molecule has 0 unspecified atom stereocenters. The number of rotatable bonds is 3. The van der Waals surface area contributed by atoms with Gasteiger partial charge >= 0.3 is 0 Å². The second-order valence-electron chi connectivity index (χ2n) is 5.41. The molecule has 0 saturated carbocycles. The summed E-state index contributed by atoms with van der Waals surface area (Å²) in [5.41, 5.74) is 6.04. The molecule has 1 saturated heterocycles. The lowest BCUT2D eigenvalue weighted by Crippen LogP contribution is -2.61. The molecule has 2 rings (SSSR count). The Kier molecular flexibility index (Phi) is 4.06. The van der Waals surface area contributed by atoms with Crippen molar-refractivity contribution in [2.45, 2.75) is 25.9 Å². The van der Waals surface area contributed by atoms with Crippen LogP contribution in [0.2, 0.25) is 0 Å². The van der Waals surface area contributed by atoms with Gasteiger partial charge in [0, 0.05) is 30.8 Å². The number of benzene rings is 1. The van der Waals surface area contributed by atoms with Gasteiger partial charge in [-0.2, -0.15) is 0 Å². The summed E-state index contributed by atoms with van der Waals surface area (Å²) in [5, 5.41) is 2.82. The molecule has 0 spiro atoms. The van der Waals surface area contributed by atoms with E-state index in [1.165, 1.54) is 6.07 Å². The lowest BCUT2D eigenvalue weighted by atomic mass is 9.97. The van der Waals surface area contributed by atoms with E-state index < -0.39 is 5.54 Å². The highest BCUT2D eigenvalue weighted by Crippen LogP contribution is 2.22. The quantitative estimate of drug-likeness (QED) is 0.822. The van der Waals surface area contributed by atoms with Crippen LogP contribution in [0.25, 0.3) is 0 Å². The molecule has 1 amide bonds. The number of carbonyl (C=O) groups excluding carboxylic acids is 1. The van der Waals surface area contributed by atoms with Crippen LogP contribution in [-0.4, -0.2) is 34.4 Å². The van der Waals surface area contributed by atoms with Gasteiger partial charge in [-0.1, -0.05) is 12.2 Å². The van der Waals surface area contributed by atoms with E-state index in [1.54, 1.807) is 12.1 Å². The van der Waals surface area contributed by atoms with E-state index in [9.17, 15) is 9.18 Å². The first kappa shape index (κ1) is 14.9. The summed E-state index contributed by atoms with van der Waals surface area (Å²) in [5.74, 6) is -0.360. The van der Waals surface area contributed by atoms with Crippen LogP contribution >= 0.6 is 12.2 Å². The SMILES string of the molecule is CC1(C)C(=O)NCCN1Cc1cc(C(N)=S)ccc1F. The van der Waals surface area contributed by atoms with Crippen LogP contribution in [0.15, 0.2) is 18.2 Å². The van der Waals surface area contributed by atoms with Gasteiger partial charge in [0.1, 0.15) is 10.8 Å². The number of nitrogens with zero attached hydrogens (tertiary/aromatic N) is 1. The van der Waals surface area contributed by atoms with Gasteiger partial charge in [-0.25, -0.2) is 4.39 Å². The molecule has 0 aromatic heterocycles. The normalized spacial score (nSPS) is 18.6. The number of carbonyl (C=O) groups is 1. The molecule has 0 atom stereocenters. The third-order valence-electron chi connectivity index (χ3n) is 3.70. The Bertz CT molecular complexity index is 559. The summed E-state index contributed by atoms with van der Waals surface area (Å²) < 4.78 is 13.9. The highest BCUT2D eigenvalue weighted by molar-refractivity contribution is 7.80. The highest BCUT2D eigenvalue weighted by atomic mass is 32.1. The zero-order valence-electron chi connectivity index (χ0n) is 11.6. The Morgan fingerprint density at radius 3 is 2.90 bits per heavy atom. The van der Waals surface area contributed by atoms with E-state index in [2.05, 4.69) is 5.32 Å². The molecule has 6 heteroatoms. The molecule has 1 aliphatic heterocycles. The molecule has 1 fully saturated rings. The third-order valence-corrected chi connectivity index (χ3v) is 3.94. The number of nitrogens with one attached hydrogen (secondary N) is 1. The fraction of sp³-hybridized carbons (Fsp3) is 0.429. The molecule has 4 nitrogen and oxygen atoms in total. The van der Waals surface area contributed by atoms with E-state index in [0.29, 0.717) is 30.8 Å². The van der Waals surface area contributed by atoms with Crippen molar-refractivity contribution in [2.24, 2.45) is 5.73 Å². The van der Waals surface area contributed by atoms with Gasteiger partial charge in [0.25, 0.3) is 0 Å². The molecule has 1 aliphatic rings. The highest BCUT2D eigenvalue weighted by Gasteiger charge is 2.37. The van der Waals surface area contributed by atoms with Crippen molar-refractivity contribution in [1.29, 1.82) is 0 Å². The molecule has 0 aliphatic carbocycles. The van der Waals surface area contributed by atoms with E-state index >= 15 is 0 Å². The van der Waals surface area contributed by atoms with Gasteiger partial charge in [-0.05, 0) is 32.0 Å². The van der Waals surface area contributed by atoms with Crippen molar-refractivity contribution >= 4 is 23.1 Å². The summed E-state index contributed by atoms with van der Waals surface area (Å²) in [4.78, 5) is 14.1. The molecule has 1 heterocycles. The minimum atomic E-state index is -0.663. The van der Waals surface area contributed by atoms with E-state index in [1.807, 2.05) is 18.7 Å². The maximum absolute atomic E-state index is 13.9. The topological polar surface area (TPSA) is 58.4 Å². The Labute approximate surface area is 123 Å². The van der Waals surface area contributed by atoms with Crippen molar-refractivity contribution in [3.8, 4) is 0 Å². The monoisotopic (exact) mass is 295 g/mol. The minimum absolute atomic E-state index is 0.0466. The van der Waals surface area contributed by atoms with Crippen molar-refractivity contribution in [2.75, 3.05) is 13.1 Å². The molecule has 1 aromatic rings. The van der Waals surface area contributed by atoms with Crippen molar-refractivity contribution in [3.63, 3.8) is 0 Å². The van der Waals surface area contributed by atoms with Crippen LogP contribution in [-0.2, 0) is 11.3 Å². The average Bonchev–Trinajstić information content (AvgIpc) is 2.37. The third kappa shape index (κ3) is 2.81. The Morgan fingerprint density at radius 2 is 2.25 bits per heavy atom. The van der Waals surface area contributed by atoms with Crippen molar-refractivity contribution in [1.82, 2.24) is 10.2 Å². The van der Waals surface area contributed by atoms with Crippen LogP contribution in [0, 0.1) is 5.82 Å². The zero-order valence-corrected chi connectivity index (χ0v) is 12.4. The Morgan fingerprint density at radius 1 is 1.55 bits per heavy atom. The first-order valence-electron chi connectivity index (χ1n) is 6.44. The van der Waals surface area contributed by atoms with Crippen LogP contribution in [0.3, 0.4) is 0 Å². The molecule has 108 valence electrons. The summed E-state index contributed by atoms with van der Waals surface area (Å²) >= 11 is 4.91. The summed E-state index contributed by atoms with van der Waals surface area (Å²) in [6, 6.07) is 4.58. The average molecular weight is 295 g/mol. The molecular weight excluding hydrogens is 277 g/mol. The number of hydrogen-bond donors (Lipinski definition) is 2.